The normalized spacial score (nSPS) is 14.6. The Labute approximate surface area is 118 Å². The lowest BCUT2D eigenvalue weighted by atomic mass is 10.0. The molecule has 0 fully saturated rings. The number of thioether (sulfide) groups is 1. The van der Waals surface area contributed by atoms with E-state index in [4.69, 9.17) is 5.73 Å². The van der Waals surface area contributed by atoms with Gasteiger partial charge in [0.05, 0.1) is 0 Å². The zero-order chi connectivity index (χ0) is 12.7. The summed E-state index contributed by atoms with van der Waals surface area (Å²) in [7, 11) is 0. The van der Waals surface area contributed by atoms with Crippen LogP contribution in [0.25, 0.3) is 0 Å². The van der Waals surface area contributed by atoms with Gasteiger partial charge in [0, 0.05) is 15.8 Å². The topological polar surface area (TPSA) is 26.0 Å². The Morgan fingerprint density at radius 3 is 2.71 bits per heavy atom. The summed E-state index contributed by atoms with van der Waals surface area (Å²) in [4.78, 5) is 0. The molecule has 0 radical (unpaired) electrons. The van der Waals surface area contributed by atoms with Crippen molar-refractivity contribution in [3.05, 3.63) is 34.3 Å². The number of benzene rings is 1. The van der Waals surface area contributed by atoms with Crippen molar-refractivity contribution in [2.75, 3.05) is 5.75 Å². The van der Waals surface area contributed by atoms with Crippen LogP contribution in [0.5, 0.6) is 0 Å². The van der Waals surface area contributed by atoms with Crippen molar-refractivity contribution in [2.45, 2.75) is 44.4 Å². The van der Waals surface area contributed by atoms with Gasteiger partial charge in [0.2, 0.25) is 0 Å². The van der Waals surface area contributed by atoms with E-state index in [1.165, 1.54) is 24.2 Å². The molecule has 0 saturated carbocycles. The van der Waals surface area contributed by atoms with E-state index in [1.54, 1.807) is 0 Å². The summed E-state index contributed by atoms with van der Waals surface area (Å²) < 4.78 is 1.14. The van der Waals surface area contributed by atoms with Crippen LogP contribution in [0.15, 0.2) is 28.7 Å². The molecule has 1 aromatic rings. The van der Waals surface area contributed by atoms with Gasteiger partial charge < -0.3 is 5.73 Å². The van der Waals surface area contributed by atoms with Crippen LogP contribution in [0.2, 0.25) is 0 Å². The molecular formula is C14H22BrNS. The van der Waals surface area contributed by atoms with Gasteiger partial charge in [-0.15, -0.1) is 0 Å². The highest BCUT2D eigenvalue weighted by Gasteiger charge is 2.18. The molecule has 1 rings (SSSR count). The van der Waals surface area contributed by atoms with Crippen LogP contribution in [-0.4, -0.2) is 11.8 Å². The SMILES string of the molecule is CCCCSC(c1cccc(Br)c1)C(N)CC. The van der Waals surface area contributed by atoms with Gasteiger partial charge in [-0.1, -0.05) is 48.3 Å². The lowest BCUT2D eigenvalue weighted by Gasteiger charge is -2.23. The number of hydrogen-bond acceptors (Lipinski definition) is 2. The highest BCUT2D eigenvalue weighted by atomic mass is 79.9. The molecule has 0 spiro atoms. The van der Waals surface area contributed by atoms with E-state index in [9.17, 15) is 0 Å². The third-order valence-corrected chi connectivity index (χ3v) is 4.83. The van der Waals surface area contributed by atoms with E-state index >= 15 is 0 Å². The molecule has 17 heavy (non-hydrogen) atoms. The summed E-state index contributed by atoms with van der Waals surface area (Å²) >= 11 is 5.53. The van der Waals surface area contributed by atoms with Crippen LogP contribution < -0.4 is 5.73 Å². The van der Waals surface area contributed by atoms with E-state index in [0.29, 0.717) is 5.25 Å². The van der Waals surface area contributed by atoms with Gasteiger partial charge in [0.1, 0.15) is 0 Å². The van der Waals surface area contributed by atoms with Crippen LogP contribution >= 0.6 is 27.7 Å². The lowest BCUT2D eigenvalue weighted by molar-refractivity contribution is 0.633. The maximum atomic E-state index is 6.25. The summed E-state index contributed by atoms with van der Waals surface area (Å²) in [5, 5.41) is 0.420. The van der Waals surface area contributed by atoms with Crippen molar-refractivity contribution in [3.8, 4) is 0 Å². The van der Waals surface area contributed by atoms with Gasteiger partial charge in [-0.3, -0.25) is 0 Å². The highest BCUT2D eigenvalue weighted by Crippen LogP contribution is 2.34. The molecule has 2 unspecified atom stereocenters. The minimum absolute atomic E-state index is 0.242. The quantitative estimate of drug-likeness (QED) is 0.734. The molecule has 0 saturated heterocycles. The molecule has 0 aliphatic rings. The predicted octanol–water partition coefficient (Wildman–Crippen LogP) is 4.76. The van der Waals surface area contributed by atoms with Gasteiger partial charge >= 0.3 is 0 Å². The zero-order valence-corrected chi connectivity index (χ0v) is 13.1. The fraction of sp³-hybridized carbons (Fsp3) is 0.571. The van der Waals surface area contributed by atoms with Crippen molar-refractivity contribution < 1.29 is 0 Å². The van der Waals surface area contributed by atoms with Crippen LogP contribution in [-0.2, 0) is 0 Å². The molecular weight excluding hydrogens is 294 g/mol. The van der Waals surface area contributed by atoms with Crippen molar-refractivity contribution in [3.63, 3.8) is 0 Å². The zero-order valence-electron chi connectivity index (χ0n) is 10.7. The van der Waals surface area contributed by atoms with Crippen LogP contribution in [0, 0.1) is 0 Å². The molecule has 96 valence electrons. The Kier molecular flexibility index (Phi) is 7.24. The number of halogens is 1. The minimum Gasteiger partial charge on any atom is -0.326 e. The number of hydrogen-bond donors (Lipinski definition) is 1. The first kappa shape index (κ1) is 15.1. The third-order valence-electron chi connectivity index (χ3n) is 2.83. The molecule has 0 aromatic heterocycles. The largest absolute Gasteiger partial charge is 0.326 e. The summed E-state index contributed by atoms with van der Waals surface area (Å²) in [5.74, 6) is 1.20. The summed E-state index contributed by atoms with van der Waals surface area (Å²) in [6, 6.07) is 8.78. The summed E-state index contributed by atoms with van der Waals surface area (Å²) in [6.07, 6.45) is 3.54. The molecule has 2 N–H and O–H groups in total. The van der Waals surface area contributed by atoms with Crippen molar-refractivity contribution in [1.82, 2.24) is 0 Å². The minimum atomic E-state index is 0.242. The average molecular weight is 316 g/mol. The van der Waals surface area contributed by atoms with Crippen molar-refractivity contribution in [1.29, 1.82) is 0 Å². The molecule has 0 heterocycles. The van der Waals surface area contributed by atoms with Gasteiger partial charge in [-0.2, -0.15) is 11.8 Å². The van der Waals surface area contributed by atoms with Gasteiger partial charge in [-0.05, 0) is 36.3 Å². The highest BCUT2D eigenvalue weighted by molar-refractivity contribution is 9.10. The van der Waals surface area contributed by atoms with Crippen LogP contribution in [0.1, 0.15) is 43.9 Å². The fourth-order valence-corrected chi connectivity index (χ4v) is 3.62. The van der Waals surface area contributed by atoms with E-state index < -0.39 is 0 Å². The first-order chi connectivity index (χ1) is 8.19. The lowest BCUT2D eigenvalue weighted by Crippen LogP contribution is -2.26. The molecule has 0 bridgehead atoms. The summed E-state index contributed by atoms with van der Waals surface area (Å²) in [5.41, 5.74) is 7.59. The van der Waals surface area contributed by atoms with Crippen LogP contribution in [0.3, 0.4) is 0 Å². The maximum absolute atomic E-state index is 6.25. The molecule has 0 aliphatic carbocycles. The fourth-order valence-electron chi connectivity index (χ4n) is 1.72. The molecule has 2 atom stereocenters. The summed E-state index contributed by atoms with van der Waals surface area (Å²) in [6.45, 7) is 4.39. The second-order valence-corrected chi connectivity index (χ2v) is 6.44. The first-order valence-corrected chi connectivity index (χ1v) is 8.15. The number of nitrogens with two attached hydrogens (primary N) is 1. The number of rotatable bonds is 7. The maximum Gasteiger partial charge on any atom is 0.0448 e. The molecule has 1 nitrogen and oxygen atoms in total. The van der Waals surface area contributed by atoms with Crippen molar-refractivity contribution >= 4 is 27.7 Å². The average Bonchev–Trinajstić information content (AvgIpc) is 2.34. The van der Waals surface area contributed by atoms with Gasteiger partial charge in [-0.25, -0.2) is 0 Å². The van der Waals surface area contributed by atoms with E-state index in [-0.39, 0.29) is 6.04 Å². The van der Waals surface area contributed by atoms with Crippen molar-refractivity contribution in [2.24, 2.45) is 5.73 Å². The van der Waals surface area contributed by atoms with E-state index in [2.05, 4.69) is 54.0 Å². The Hall–Kier alpha value is 0.01000. The second-order valence-electron chi connectivity index (χ2n) is 4.27. The van der Waals surface area contributed by atoms with Crippen LogP contribution in [0.4, 0.5) is 0 Å². The number of unbranched alkanes of at least 4 members (excludes halogenated alkanes) is 1. The third kappa shape index (κ3) is 5.02. The first-order valence-electron chi connectivity index (χ1n) is 6.31. The predicted molar refractivity (Wildman–Crippen MR) is 82.5 cm³/mol. The standard InChI is InChI=1S/C14H22BrNS/c1-3-5-9-17-14(13(16)4-2)11-7-6-8-12(15)10-11/h6-8,10,13-14H,3-5,9,16H2,1-2H3. The molecule has 1 aromatic carbocycles. The second kappa shape index (κ2) is 8.17. The Morgan fingerprint density at radius 1 is 1.35 bits per heavy atom. The van der Waals surface area contributed by atoms with E-state index in [1.807, 2.05) is 11.8 Å². The Morgan fingerprint density at radius 2 is 2.12 bits per heavy atom. The van der Waals surface area contributed by atoms with Gasteiger partial charge in [0.15, 0.2) is 0 Å². The Bertz CT molecular complexity index is 330. The molecule has 0 aliphatic heterocycles. The molecule has 0 amide bonds. The Balaban J connectivity index is 2.74. The molecule has 3 heteroatoms. The van der Waals surface area contributed by atoms with E-state index in [0.717, 1.165) is 10.9 Å². The smallest absolute Gasteiger partial charge is 0.0448 e. The monoisotopic (exact) mass is 315 g/mol. The van der Waals surface area contributed by atoms with Gasteiger partial charge in [0.25, 0.3) is 0 Å².